The average Bonchev–Trinajstić information content (AvgIpc) is 2.28. The molecule has 2 N–H and O–H groups in total. The Balaban J connectivity index is 2.71. The Morgan fingerprint density at radius 2 is 1.88 bits per heavy atom. The number of hydrogen-bond acceptors (Lipinski definition) is 2. The molecule has 4 heteroatoms. The van der Waals surface area contributed by atoms with Crippen molar-refractivity contribution in [2.45, 2.75) is 0 Å². The minimum absolute atomic E-state index is 0.155. The van der Waals surface area contributed by atoms with Crippen LogP contribution in [-0.4, -0.2) is 4.57 Å². The van der Waals surface area contributed by atoms with Gasteiger partial charge in [0.1, 0.15) is 5.82 Å². The number of aromatic nitrogens is 1. The molecule has 16 heavy (non-hydrogen) atoms. The third-order valence-electron chi connectivity index (χ3n) is 2.48. The van der Waals surface area contributed by atoms with Crippen LogP contribution in [0.5, 0.6) is 0 Å². The van der Waals surface area contributed by atoms with Gasteiger partial charge in [0.2, 0.25) is 0 Å². The molecule has 0 aliphatic heterocycles. The van der Waals surface area contributed by atoms with Gasteiger partial charge in [0.25, 0.3) is 5.56 Å². The second-order valence-corrected chi connectivity index (χ2v) is 3.52. The maximum absolute atomic E-state index is 13.5. The van der Waals surface area contributed by atoms with E-state index in [2.05, 4.69) is 0 Å². The standard InChI is InChI=1S/C12H11FN2O/c1-15-11(7-6-10(14)12(15)16)8-4-2-3-5-9(8)13/h2-7H,14H2,1H3. The van der Waals surface area contributed by atoms with E-state index >= 15 is 0 Å². The van der Waals surface area contributed by atoms with Crippen molar-refractivity contribution in [3.8, 4) is 11.3 Å². The summed E-state index contributed by atoms with van der Waals surface area (Å²) in [7, 11) is 1.57. The molecule has 1 aromatic carbocycles. The summed E-state index contributed by atoms with van der Waals surface area (Å²) in [5.74, 6) is -0.359. The molecule has 1 aromatic heterocycles. The molecule has 82 valence electrons. The molecule has 3 nitrogen and oxygen atoms in total. The lowest BCUT2D eigenvalue weighted by atomic mass is 10.1. The summed E-state index contributed by atoms with van der Waals surface area (Å²) in [6.07, 6.45) is 0. The zero-order valence-electron chi connectivity index (χ0n) is 8.77. The third-order valence-corrected chi connectivity index (χ3v) is 2.48. The van der Waals surface area contributed by atoms with Crippen LogP contribution >= 0.6 is 0 Å². The smallest absolute Gasteiger partial charge is 0.273 e. The van der Waals surface area contributed by atoms with Crippen LogP contribution in [0, 0.1) is 5.82 Å². The largest absolute Gasteiger partial charge is 0.394 e. The number of benzene rings is 1. The third kappa shape index (κ3) is 1.58. The first-order chi connectivity index (χ1) is 7.61. The van der Waals surface area contributed by atoms with E-state index in [9.17, 15) is 9.18 Å². The molecule has 0 spiro atoms. The van der Waals surface area contributed by atoms with Gasteiger partial charge in [-0.15, -0.1) is 0 Å². The summed E-state index contributed by atoms with van der Waals surface area (Å²) in [6.45, 7) is 0. The first-order valence-electron chi connectivity index (χ1n) is 4.81. The van der Waals surface area contributed by atoms with Gasteiger partial charge < -0.3 is 10.3 Å². The van der Waals surface area contributed by atoms with Crippen molar-refractivity contribution in [2.24, 2.45) is 7.05 Å². The van der Waals surface area contributed by atoms with Gasteiger partial charge in [-0.1, -0.05) is 12.1 Å². The van der Waals surface area contributed by atoms with Crippen LogP contribution in [-0.2, 0) is 7.05 Å². The van der Waals surface area contributed by atoms with Crippen LogP contribution in [0.2, 0.25) is 0 Å². The van der Waals surface area contributed by atoms with Gasteiger partial charge in [-0.3, -0.25) is 4.79 Å². The number of pyridine rings is 1. The van der Waals surface area contributed by atoms with E-state index in [-0.39, 0.29) is 17.1 Å². The minimum atomic E-state index is -0.359. The molecule has 0 aliphatic rings. The quantitative estimate of drug-likeness (QED) is 0.793. The highest BCUT2D eigenvalue weighted by atomic mass is 19.1. The van der Waals surface area contributed by atoms with Gasteiger partial charge in [-0.25, -0.2) is 4.39 Å². The van der Waals surface area contributed by atoms with E-state index in [1.807, 2.05) is 0 Å². The Morgan fingerprint density at radius 3 is 2.56 bits per heavy atom. The molecule has 0 amide bonds. The predicted molar refractivity (Wildman–Crippen MR) is 61.5 cm³/mol. The Hall–Kier alpha value is -2.10. The summed E-state index contributed by atoms with van der Waals surface area (Å²) >= 11 is 0. The van der Waals surface area contributed by atoms with Gasteiger partial charge in [0, 0.05) is 12.6 Å². The van der Waals surface area contributed by atoms with Crippen LogP contribution in [0.1, 0.15) is 0 Å². The first-order valence-corrected chi connectivity index (χ1v) is 4.81. The van der Waals surface area contributed by atoms with Gasteiger partial charge in [0.15, 0.2) is 0 Å². The van der Waals surface area contributed by atoms with Crippen molar-refractivity contribution in [1.29, 1.82) is 0 Å². The summed E-state index contributed by atoms with van der Waals surface area (Å²) in [5.41, 5.74) is 6.22. The molecular weight excluding hydrogens is 207 g/mol. The van der Waals surface area contributed by atoms with Gasteiger partial charge >= 0.3 is 0 Å². The monoisotopic (exact) mass is 218 g/mol. The Kier molecular flexibility index (Phi) is 2.48. The lowest BCUT2D eigenvalue weighted by molar-refractivity contribution is 0.629. The van der Waals surface area contributed by atoms with E-state index in [1.54, 1.807) is 31.3 Å². The Morgan fingerprint density at radius 1 is 1.19 bits per heavy atom. The average molecular weight is 218 g/mol. The van der Waals surface area contributed by atoms with E-state index < -0.39 is 0 Å². The molecule has 0 aliphatic carbocycles. The summed E-state index contributed by atoms with van der Waals surface area (Å²) in [4.78, 5) is 11.6. The zero-order valence-corrected chi connectivity index (χ0v) is 8.77. The highest BCUT2D eigenvalue weighted by Crippen LogP contribution is 2.21. The van der Waals surface area contributed by atoms with Crippen LogP contribution in [0.25, 0.3) is 11.3 Å². The molecule has 0 radical (unpaired) electrons. The highest BCUT2D eigenvalue weighted by Gasteiger charge is 2.08. The topological polar surface area (TPSA) is 48.0 Å². The normalized spacial score (nSPS) is 10.4. The van der Waals surface area contributed by atoms with E-state index in [4.69, 9.17) is 5.73 Å². The van der Waals surface area contributed by atoms with Crippen LogP contribution in [0.4, 0.5) is 10.1 Å². The van der Waals surface area contributed by atoms with Gasteiger partial charge in [-0.05, 0) is 24.3 Å². The number of nitrogens with two attached hydrogens (primary N) is 1. The molecule has 0 atom stereocenters. The lowest BCUT2D eigenvalue weighted by Gasteiger charge is -2.09. The molecule has 0 saturated carbocycles. The molecule has 0 saturated heterocycles. The van der Waals surface area contributed by atoms with Crippen molar-refractivity contribution in [3.05, 3.63) is 52.6 Å². The molecule has 0 bridgehead atoms. The number of rotatable bonds is 1. The summed E-state index contributed by atoms with van der Waals surface area (Å²) in [6, 6.07) is 9.43. The second-order valence-electron chi connectivity index (χ2n) is 3.52. The van der Waals surface area contributed by atoms with Crippen molar-refractivity contribution in [1.82, 2.24) is 4.57 Å². The maximum Gasteiger partial charge on any atom is 0.273 e. The van der Waals surface area contributed by atoms with Crippen LogP contribution in [0.15, 0.2) is 41.2 Å². The molecule has 2 aromatic rings. The molecular formula is C12H11FN2O. The molecule has 1 heterocycles. The molecule has 2 rings (SSSR count). The van der Waals surface area contributed by atoms with Crippen molar-refractivity contribution < 1.29 is 4.39 Å². The van der Waals surface area contributed by atoms with Gasteiger partial charge in [-0.2, -0.15) is 0 Å². The SMILES string of the molecule is Cn1c(-c2ccccc2F)ccc(N)c1=O. The van der Waals surface area contributed by atoms with Crippen molar-refractivity contribution in [3.63, 3.8) is 0 Å². The summed E-state index contributed by atoms with van der Waals surface area (Å²) < 4.78 is 14.9. The Labute approximate surface area is 92.0 Å². The fourth-order valence-electron chi connectivity index (χ4n) is 1.59. The number of nitrogens with zero attached hydrogens (tertiary/aromatic N) is 1. The first kappa shape index (κ1) is 10.4. The fraction of sp³-hybridized carbons (Fsp3) is 0.0833. The van der Waals surface area contributed by atoms with Gasteiger partial charge in [0.05, 0.1) is 11.4 Å². The fourth-order valence-corrected chi connectivity index (χ4v) is 1.59. The lowest BCUT2D eigenvalue weighted by Crippen LogP contribution is -2.21. The highest BCUT2D eigenvalue weighted by molar-refractivity contribution is 5.61. The second kappa shape index (κ2) is 3.81. The number of halogens is 1. The zero-order chi connectivity index (χ0) is 11.7. The molecule has 0 fully saturated rings. The Bertz CT molecular complexity index is 590. The van der Waals surface area contributed by atoms with E-state index in [0.717, 1.165) is 0 Å². The predicted octanol–water partition coefficient (Wildman–Crippen LogP) is 1.77. The van der Waals surface area contributed by atoms with Crippen molar-refractivity contribution in [2.75, 3.05) is 5.73 Å². The van der Waals surface area contributed by atoms with Crippen molar-refractivity contribution >= 4 is 5.69 Å². The number of nitrogen functional groups attached to an aromatic ring is 1. The number of anilines is 1. The van der Waals surface area contributed by atoms with E-state index in [0.29, 0.717) is 11.3 Å². The summed E-state index contributed by atoms with van der Waals surface area (Å²) in [5, 5.41) is 0. The van der Waals surface area contributed by atoms with Crippen LogP contribution in [0.3, 0.4) is 0 Å². The molecule has 0 unspecified atom stereocenters. The number of hydrogen-bond donors (Lipinski definition) is 1. The minimum Gasteiger partial charge on any atom is -0.394 e. The van der Waals surface area contributed by atoms with Crippen LogP contribution < -0.4 is 11.3 Å². The maximum atomic E-state index is 13.5. The van der Waals surface area contributed by atoms with E-state index in [1.165, 1.54) is 16.7 Å².